The molecule has 0 fully saturated rings. The molecular weight excluding hydrogens is 424 g/mol. The largest absolute Gasteiger partial charge is 0.433 e. The normalized spacial score (nSPS) is 18.2. The fourth-order valence-electron chi connectivity index (χ4n) is 3.56. The minimum Gasteiger partial charge on any atom is -0.433 e. The fraction of sp³-hybridized carbons (Fsp3) is 0.115. The fourth-order valence-corrected chi connectivity index (χ4v) is 3.82. The standard InChI is InChI=1S/C26H19BrO2/c27-23-15-12-20(13-16-23)17-24-25(21-9-5-2-6-10-21)22(18-29-26(24)28)14-11-19-7-3-1-4-8-19/h1-10,12-13,15-16,18,24-25H,17H2/t24-,25+/m0/s1. The Kier molecular flexibility index (Phi) is 5.93. The smallest absolute Gasteiger partial charge is 0.315 e. The van der Waals surface area contributed by atoms with Crippen molar-refractivity contribution in [3.8, 4) is 11.8 Å². The first-order chi connectivity index (χ1) is 14.2. The summed E-state index contributed by atoms with van der Waals surface area (Å²) in [6, 6.07) is 28.0. The van der Waals surface area contributed by atoms with Gasteiger partial charge in [-0.25, -0.2) is 0 Å². The number of cyclic esters (lactones) is 1. The zero-order valence-corrected chi connectivity index (χ0v) is 17.3. The maximum Gasteiger partial charge on any atom is 0.315 e. The van der Waals surface area contributed by atoms with Crippen molar-refractivity contribution in [1.82, 2.24) is 0 Å². The minimum atomic E-state index is -0.330. The van der Waals surface area contributed by atoms with Crippen LogP contribution in [0.3, 0.4) is 0 Å². The first kappa shape index (κ1) is 19.2. The Morgan fingerprint density at radius 1 is 0.828 bits per heavy atom. The molecule has 0 amide bonds. The van der Waals surface area contributed by atoms with E-state index in [4.69, 9.17) is 4.74 Å². The number of carbonyl (C=O) groups is 1. The van der Waals surface area contributed by atoms with E-state index in [-0.39, 0.29) is 17.8 Å². The van der Waals surface area contributed by atoms with Crippen molar-refractivity contribution in [3.63, 3.8) is 0 Å². The van der Waals surface area contributed by atoms with Crippen LogP contribution in [-0.4, -0.2) is 5.97 Å². The van der Waals surface area contributed by atoms with Gasteiger partial charge < -0.3 is 4.74 Å². The average Bonchev–Trinajstić information content (AvgIpc) is 2.77. The average molecular weight is 443 g/mol. The third-order valence-electron chi connectivity index (χ3n) is 4.99. The van der Waals surface area contributed by atoms with Crippen LogP contribution in [0.5, 0.6) is 0 Å². The SMILES string of the molecule is O=C1OC=C(C#Cc2ccccc2)[C@@H](c2ccccc2)[C@@H]1Cc1ccc(Br)cc1. The van der Waals surface area contributed by atoms with E-state index in [9.17, 15) is 4.79 Å². The summed E-state index contributed by atoms with van der Waals surface area (Å²) in [4.78, 5) is 12.7. The van der Waals surface area contributed by atoms with E-state index >= 15 is 0 Å². The molecule has 0 spiro atoms. The molecule has 1 aliphatic heterocycles. The number of halogens is 1. The molecule has 0 radical (unpaired) electrons. The van der Waals surface area contributed by atoms with Crippen LogP contribution in [0.25, 0.3) is 0 Å². The van der Waals surface area contributed by atoms with Gasteiger partial charge in [0.05, 0.1) is 5.92 Å². The van der Waals surface area contributed by atoms with Gasteiger partial charge >= 0.3 is 5.97 Å². The second kappa shape index (κ2) is 8.94. The zero-order chi connectivity index (χ0) is 20.1. The van der Waals surface area contributed by atoms with Crippen LogP contribution in [0.4, 0.5) is 0 Å². The Morgan fingerprint density at radius 2 is 1.48 bits per heavy atom. The number of allylic oxidation sites excluding steroid dienone is 1. The van der Waals surface area contributed by atoms with Crippen molar-refractivity contribution in [2.45, 2.75) is 12.3 Å². The van der Waals surface area contributed by atoms with Crippen LogP contribution in [0.1, 0.15) is 22.6 Å². The first-order valence-corrected chi connectivity index (χ1v) is 10.3. The molecule has 0 aromatic heterocycles. The van der Waals surface area contributed by atoms with Gasteiger partial charge in [-0.3, -0.25) is 4.79 Å². The summed E-state index contributed by atoms with van der Waals surface area (Å²) in [5.74, 6) is 5.78. The number of rotatable bonds is 3. The summed E-state index contributed by atoms with van der Waals surface area (Å²) in [5, 5.41) is 0. The summed E-state index contributed by atoms with van der Waals surface area (Å²) < 4.78 is 6.44. The monoisotopic (exact) mass is 442 g/mol. The van der Waals surface area contributed by atoms with Gasteiger partial charge in [-0.1, -0.05) is 88.4 Å². The van der Waals surface area contributed by atoms with Crippen molar-refractivity contribution in [2.24, 2.45) is 5.92 Å². The van der Waals surface area contributed by atoms with Gasteiger partial charge in [-0.15, -0.1) is 0 Å². The van der Waals surface area contributed by atoms with Gasteiger partial charge in [0.1, 0.15) is 6.26 Å². The number of carbonyl (C=O) groups excluding carboxylic acids is 1. The predicted molar refractivity (Wildman–Crippen MR) is 118 cm³/mol. The lowest BCUT2D eigenvalue weighted by Crippen LogP contribution is -2.30. The quantitative estimate of drug-likeness (QED) is 0.373. The van der Waals surface area contributed by atoms with E-state index in [0.29, 0.717) is 6.42 Å². The predicted octanol–water partition coefficient (Wildman–Crippen LogP) is 5.88. The molecular formula is C26H19BrO2. The molecule has 0 saturated carbocycles. The van der Waals surface area contributed by atoms with Crippen molar-refractivity contribution in [3.05, 3.63) is 118 Å². The maximum absolute atomic E-state index is 12.7. The highest BCUT2D eigenvalue weighted by atomic mass is 79.9. The van der Waals surface area contributed by atoms with E-state index in [1.807, 2.05) is 72.8 Å². The Hall–Kier alpha value is -3.09. The number of benzene rings is 3. The summed E-state index contributed by atoms with van der Waals surface area (Å²) in [6.45, 7) is 0. The van der Waals surface area contributed by atoms with Crippen LogP contribution in [-0.2, 0) is 16.0 Å². The first-order valence-electron chi connectivity index (χ1n) is 9.48. The lowest BCUT2D eigenvalue weighted by molar-refractivity contribution is -0.144. The van der Waals surface area contributed by atoms with E-state index in [1.54, 1.807) is 0 Å². The second-order valence-electron chi connectivity index (χ2n) is 6.95. The lowest BCUT2D eigenvalue weighted by Gasteiger charge is -2.29. The molecule has 2 nitrogen and oxygen atoms in total. The Balaban J connectivity index is 1.71. The van der Waals surface area contributed by atoms with Crippen molar-refractivity contribution >= 4 is 21.9 Å². The highest BCUT2D eigenvalue weighted by Gasteiger charge is 2.36. The number of hydrogen-bond acceptors (Lipinski definition) is 2. The van der Waals surface area contributed by atoms with Crippen LogP contribution < -0.4 is 0 Å². The molecule has 0 N–H and O–H groups in total. The highest BCUT2D eigenvalue weighted by Crippen LogP contribution is 2.38. The molecule has 0 bridgehead atoms. The topological polar surface area (TPSA) is 26.3 Å². The Bertz CT molecular complexity index is 1070. The Labute approximate surface area is 179 Å². The van der Waals surface area contributed by atoms with Gasteiger partial charge in [-0.2, -0.15) is 0 Å². The number of ether oxygens (including phenoxy) is 1. The minimum absolute atomic E-state index is 0.141. The summed E-state index contributed by atoms with van der Waals surface area (Å²) in [5.41, 5.74) is 3.91. The molecule has 0 saturated heterocycles. The molecule has 1 heterocycles. The molecule has 1 aliphatic rings. The van der Waals surface area contributed by atoms with E-state index in [1.165, 1.54) is 6.26 Å². The van der Waals surface area contributed by atoms with Gasteiger partial charge in [-0.05, 0) is 41.8 Å². The summed E-state index contributed by atoms with van der Waals surface area (Å²) in [7, 11) is 0. The van der Waals surface area contributed by atoms with Crippen molar-refractivity contribution in [2.75, 3.05) is 0 Å². The molecule has 3 aromatic rings. The summed E-state index contributed by atoms with van der Waals surface area (Å²) in [6.07, 6.45) is 2.12. The maximum atomic E-state index is 12.7. The molecule has 0 aliphatic carbocycles. The van der Waals surface area contributed by atoms with E-state index in [0.717, 1.165) is 26.7 Å². The molecule has 3 heteroatoms. The molecule has 3 aromatic carbocycles. The van der Waals surface area contributed by atoms with Gasteiger partial charge in [0.2, 0.25) is 0 Å². The van der Waals surface area contributed by atoms with Crippen LogP contribution in [0.2, 0.25) is 0 Å². The van der Waals surface area contributed by atoms with Gasteiger partial charge in [0.25, 0.3) is 0 Å². The molecule has 142 valence electrons. The van der Waals surface area contributed by atoms with E-state index in [2.05, 4.69) is 39.9 Å². The van der Waals surface area contributed by atoms with Crippen LogP contribution in [0, 0.1) is 17.8 Å². The third kappa shape index (κ3) is 4.67. The van der Waals surface area contributed by atoms with Gasteiger partial charge in [0, 0.05) is 21.5 Å². The highest BCUT2D eigenvalue weighted by molar-refractivity contribution is 9.10. The van der Waals surface area contributed by atoms with Crippen molar-refractivity contribution in [1.29, 1.82) is 0 Å². The molecule has 0 unspecified atom stereocenters. The molecule has 29 heavy (non-hydrogen) atoms. The van der Waals surface area contributed by atoms with Crippen LogP contribution in [0.15, 0.2) is 101 Å². The van der Waals surface area contributed by atoms with Crippen LogP contribution >= 0.6 is 15.9 Å². The van der Waals surface area contributed by atoms with Crippen molar-refractivity contribution < 1.29 is 9.53 Å². The lowest BCUT2D eigenvalue weighted by atomic mass is 9.77. The number of esters is 1. The summed E-state index contributed by atoms with van der Waals surface area (Å²) >= 11 is 3.46. The van der Waals surface area contributed by atoms with Gasteiger partial charge in [0.15, 0.2) is 0 Å². The molecule has 2 atom stereocenters. The van der Waals surface area contributed by atoms with E-state index < -0.39 is 0 Å². The zero-order valence-electron chi connectivity index (χ0n) is 15.7. The molecule has 4 rings (SSSR count). The number of hydrogen-bond donors (Lipinski definition) is 0. The Morgan fingerprint density at radius 3 is 2.17 bits per heavy atom. The second-order valence-corrected chi connectivity index (χ2v) is 7.87. The third-order valence-corrected chi connectivity index (χ3v) is 5.52.